The molecule has 14 heavy (non-hydrogen) atoms. The Labute approximate surface area is 87.5 Å². The summed E-state index contributed by atoms with van der Waals surface area (Å²) in [5, 5.41) is 9.62. The second kappa shape index (κ2) is 4.99. The molecule has 1 N–H and O–H groups in total. The van der Waals surface area contributed by atoms with Crippen molar-refractivity contribution < 1.29 is 9.50 Å². The summed E-state index contributed by atoms with van der Waals surface area (Å²) in [4.78, 5) is 0. The smallest absolute Gasteiger partial charge is 0.142 e. The molecule has 1 unspecified atom stereocenters. The van der Waals surface area contributed by atoms with E-state index in [1.165, 1.54) is 12.1 Å². The van der Waals surface area contributed by atoms with Crippen molar-refractivity contribution in [3.05, 3.63) is 34.6 Å². The van der Waals surface area contributed by atoms with E-state index in [4.69, 9.17) is 18.0 Å². The Bertz CT molecular complexity index is 357. The molecule has 0 aliphatic heterocycles. The summed E-state index contributed by atoms with van der Waals surface area (Å²) < 4.78 is 13.0. The monoisotopic (exact) mass is 212 g/mol. The number of rotatable bonds is 3. The van der Waals surface area contributed by atoms with Gasteiger partial charge in [-0.05, 0) is 24.1 Å². The molecule has 1 aromatic rings. The maximum atomic E-state index is 13.0. The minimum Gasteiger partial charge on any atom is -0.388 e. The van der Waals surface area contributed by atoms with Crippen LogP contribution in [0, 0.1) is 18.2 Å². The van der Waals surface area contributed by atoms with Gasteiger partial charge in [0.05, 0.1) is 11.1 Å². The molecule has 1 atom stereocenters. The fourth-order valence-electron chi connectivity index (χ4n) is 1.11. The van der Waals surface area contributed by atoms with Crippen molar-refractivity contribution in [1.29, 1.82) is 0 Å². The van der Waals surface area contributed by atoms with Crippen LogP contribution in [0.2, 0.25) is 5.02 Å². The minimum atomic E-state index is -0.724. The van der Waals surface area contributed by atoms with Crippen LogP contribution >= 0.6 is 11.6 Å². The van der Waals surface area contributed by atoms with Crippen LogP contribution in [0.25, 0.3) is 0 Å². The van der Waals surface area contributed by atoms with Gasteiger partial charge >= 0.3 is 0 Å². The summed E-state index contributed by atoms with van der Waals surface area (Å²) in [6, 6.07) is 4.24. The number of aliphatic hydroxyl groups is 1. The van der Waals surface area contributed by atoms with Gasteiger partial charge in [0.2, 0.25) is 0 Å². The van der Waals surface area contributed by atoms with Gasteiger partial charge in [-0.3, -0.25) is 0 Å². The van der Waals surface area contributed by atoms with Crippen molar-refractivity contribution in [3.63, 3.8) is 0 Å². The van der Waals surface area contributed by atoms with Crippen molar-refractivity contribution in [2.24, 2.45) is 0 Å². The van der Waals surface area contributed by atoms with E-state index in [0.717, 1.165) is 0 Å². The summed E-state index contributed by atoms with van der Waals surface area (Å²) in [6.45, 7) is 0. The predicted octanol–water partition coefficient (Wildman–Crippen LogP) is 2.93. The van der Waals surface area contributed by atoms with E-state index in [0.29, 0.717) is 18.4 Å². The molecule has 1 aromatic carbocycles. The fourth-order valence-corrected chi connectivity index (χ4v) is 1.22. The molecule has 0 saturated carbocycles. The number of terminal acetylenes is 1. The zero-order valence-electron chi connectivity index (χ0n) is 7.50. The van der Waals surface area contributed by atoms with E-state index in [9.17, 15) is 9.50 Å². The Kier molecular flexibility index (Phi) is 3.94. The number of hydrogen-bond donors (Lipinski definition) is 1. The van der Waals surface area contributed by atoms with E-state index in [1.807, 2.05) is 0 Å². The molecule has 0 heterocycles. The zero-order chi connectivity index (χ0) is 10.6. The summed E-state index contributed by atoms with van der Waals surface area (Å²) in [5.74, 6) is 1.89. The molecule has 0 spiro atoms. The van der Waals surface area contributed by atoms with E-state index >= 15 is 0 Å². The highest BCUT2D eigenvalue weighted by Crippen LogP contribution is 2.22. The standard InChI is InChI=1S/C11H10ClFO/c1-2-3-4-11(14)8-5-6-9(12)10(13)7-8/h1,5-7,11,14H,3-4H2. The number of halogens is 2. The highest BCUT2D eigenvalue weighted by atomic mass is 35.5. The van der Waals surface area contributed by atoms with Gasteiger partial charge in [-0.25, -0.2) is 4.39 Å². The van der Waals surface area contributed by atoms with Gasteiger partial charge in [0.15, 0.2) is 0 Å². The molecule has 0 aromatic heterocycles. The Hall–Kier alpha value is -1.04. The molecule has 0 bridgehead atoms. The third-order valence-electron chi connectivity index (χ3n) is 1.89. The van der Waals surface area contributed by atoms with Gasteiger partial charge in [-0.15, -0.1) is 12.3 Å². The first kappa shape index (κ1) is 11.0. The maximum absolute atomic E-state index is 13.0. The fraction of sp³-hybridized carbons (Fsp3) is 0.273. The van der Waals surface area contributed by atoms with Crippen LogP contribution in [-0.4, -0.2) is 5.11 Å². The second-order valence-corrected chi connectivity index (χ2v) is 3.34. The molecule has 0 radical (unpaired) electrons. The van der Waals surface area contributed by atoms with Crippen LogP contribution in [0.15, 0.2) is 18.2 Å². The van der Waals surface area contributed by atoms with E-state index in [-0.39, 0.29) is 5.02 Å². The van der Waals surface area contributed by atoms with Gasteiger partial charge in [-0.2, -0.15) is 0 Å². The summed E-state index contributed by atoms with van der Waals surface area (Å²) in [7, 11) is 0. The van der Waals surface area contributed by atoms with Crippen LogP contribution in [0.3, 0.4) is 0 Å². The van der Waals surface area contributed by atoms with Crippen LogP contribution < -0.4 is 0 Å². The van der Waals surface area contributed by atoms with Crippen molar-refractivity contribution in [2.45, 2.75) is 18.9 Å². The average Bonchev–Trinajstić information content (AvgIpc) is 2.18. The molecule has 0 fully saturated rings. The number of benzene rings is 1. The van der Waals surface area contributed by atoms with Gasteiger partial charge in [-0.1, -0.05) is 17.7 Å². The Morgan fingerprint density at radius 1 is 1.57 bits per heavy atom. The average molecular weight is 213 g/mol. The number of aliphatic hydroxyl groups excluding tert-OH is 1. The topological polar surface area (TPSA) is 20.2 Å². The zero-order valence-corrected chi connectivity index (χ0v) is 8.26. The lowest BCUT2D eigenvalue weighted by Gasteiger charge is -2.09. The summed E-state index contributed by atoms with van der Waals surface area (Å²) in [5.41, 5.74) is 0.502. The second-order valence-electron chi connectivity index (χ2n) is 2.93. The quantitative estimate of drug-likeness (QED) is 0.764. The number of hydrogen-bond acceptors (Lipinski definition) is 1. The SMILES string of the molecule is C#CCCC(O)c1ccc(Cl)c(F)c1. The van der Waals surface area contributed by atoms with Crippen molar-refractivity contribution in [2.75, 3.05) is 0 Å². The van der Waals surface area contributed by atoms with Gasteiger partial charge in [0.25, 0.3) is 0 Å². The first-order chi connectivity index (χ1) is 6.65. The lowest BCUT2D eigenvalue weighted by molar-refractivity contribution is 0.169. The molecule has 0 aliphatic carbocycles. The highest BCUT2D eigenvalue weighted by molar-refractivity contribution is 6.30. The molecule has 74 valence electrons. The van der Waals surface area contributed by atoms with Crippen molar-refractivity contribution >= 4 is 11.6 Å². The summed E-state index contributed by atoms with van der Waals surface area (Å²) in [6.07, 6.45) is 5.22. The largest absolute Gasteiger partial charge is 0.388 e. The molecule has 0 aliphatic rings. The van der Waals surface area contributed by atoms with Crippen molar-refractivity contribution in [3.8, 4) is 12.3 Å². The molecular formula is C11H10ClFO. The third-order valence-corrected chi connectivity index (χ3v) is 2.20. The van der Waals surface area contributed by atoms with Gasteiger partial charge in [0, 0.05) is 6.42 Å². The molecule has 1 rings (SSSR count). The van der Waals surface area contributed by atoms with E-state index < -0.39 is 11.9 Å². The summed E-state index contributed by atoms with van der Waals surface area (Å²) >= 11 is 5.50. The molecule has 1 nitrogen and oxygen atoms in total. The van der Waals surface area contributed by atoms with Crippen LogP contribution in [0.5, 0.6) is 0 Å². The van der Waals surface area contributed by atoms with Crippen LogP contribution in [0.1, 0.15) is 24.5 Å². The van der Waals surface area contributed by atoms with E-state index in [2.05, 4.69) is 5.92 Å². The Morgan fingerprint density at radius 2 is 2.29 bits per heavy atom. The van der Waals surface area contributed by atoms with Crippen LogP contribution in [-0.2, 0) is 0 Å². The maximum Gasteiger partial charge on any atom is 0.142 e. The normalized spacial score (nSPS) is 12.1. The van der Waals surface area contributed by atoms with E-state index in [1.54, 1.807) is 6.07 Å². The molecule has 3 heteroatoms. The third kappa shape index (κ3) is 2.73. The van der Waals surface area contributed by atoms with Gasteiger partial charge < -0.3 is 5.11 Å². The Morgan fingerprint density at radius 3 is 2.86 bits per heavy atom. The first-order valence-electron chi connectivity index (χ1n) is 4.21. The minimum absolute atomic E-state index is 0.0536. The first-order valence-corrected chi connectivity index (χ1v) is 4.59. The predicted molar refractivity (Wildman–Crippen MR) is 54.4 cm³/mol. The molecule has 0 saturated heterocycles. The van der Waals surface area contributed by atoms with Crippen LogP contribution in [0.4, 0.5) is 4.39 Å². The lowest BCUT2D eigenvalue weighted by Crippen LogP contribution is -1.97. The lowest BCUT2D eigenvalue weighted by atomic mass is 10.1. The molecule has 0 amide bonds. The Balaban J connectivity index is 2.76. The van der Waals surface area contributed by atoms with Gasteiger partial charge in [0.1, 0.15) is 5.82 Å². The van der Waals surface area contributed by atoms with Crippen molar-refractivity contribution in [1.82, 2.24) is 0 Å². The molecular weight excluding hydrogens is 203 g/mol. The highest BCUT2D eigenvalue weighted by Gasteiger charge is 2.09.